The molecule has 8 nitrogen and oxygen atoms in total. The number of carbonyl (C=O) groups excluding carboxylic acids is 2. The van der Waals surface area contributed by atoms with Crippen LogP contribution in [0.3, 0.4) is 0 Å². The van der Waals surface area contributed by atoms with E-state index >= 15 is 0 Å². The van der Waals surface area contributed by atoms with Crippen molar-refractivity contribution >= 4 is 11.8 Å². The number of hydrogen-bond donors (Lipinski definition) is 0. The van der Waals surface area contributed by atoms with Crippen molar-refractivity contribution in [1.29, 1.82) is 0 Å². The molecule has 3 aromatic heterocycles. The van der Waals surface area contributed by atoms with Crippen LogP contribution >= 0.6 is 0 Å². The average Bonchev–Trinajstić information content (AvgIpc) is 3.42. The predicted molar refractivity (Wildman–Crippen MR) is 105 cm³/mol. The Morgan fingerprint density at radius 3 is 2.34 bits per heavy atom. The second-order valence-electron chi connectivity index (χ2n) is 7.18. The van der Waals surface area contributed by atoms with Gasteiger partial charge in [0.05, 0.1) is 6.54 Å². The fraction of sp³-hybridized carbons (Fsp3) is 0.333. The second kappa shape index (κ2) is 7.90. The van der Waals surface area contributed by atoms with E-state index in [-0.39, 0.29) is 23.9 Å². The SMILES string of the molecule is C[C@@H]1[C@@H](C)N(C(=O)c2ccc(Cn3cccn3)o2)CCN1C(=O)c1ccncc1. The second-order valence-corrected chi connectivity index (χ2v) is 7.18. The molecule has 8 heteroatoms. The van der Waals surface area contributed by atoms with E-state index in [0.29, 0.717) is 36.7 Å². The van der Waals surface area contributed by atoms with Crippen LogP contribution in [-0.4, -0.2) is 61.6 Å². The van der Waals surface area contributed by atoms with E-state index in [1.807, 2.05) is 31.0 Å². The number of amides is 2. The molecule has 3 aromatic rings. The number of furan rings is 1. The van der Waals surface area contributed by atoms with Gasteiger partial charge in [0.25, 0.3) is 11.8 Å². The highest BCUT2D eigenvalue weighted by Crippen LogP contribution is 2.22. The van der Waals surface area contributed by atoms with Crippen LogP contribution in [0.5, 0.6) is 0 Å². The van der Waals surface area contributed by atoms with E-state index < -0.39 is 0 Å². The van der Waals surface area contributed by atoms with Gasteiger partial charge >= 0.3 is 0 Å². The summed E-state index contributed by atoms with van der Waals surface area (Å²) in [5, 5.41) is 4.15. The maximum atomic E-state index is 13.0. The Bertz CT molecular complexity index is 983. The number of pyridine rings is 1. The standard InChI is InChI=1S/C21H23N5O3/c1-15-16(2)26(13-12-25(15)20(27)17-6-9-22-10-7-17)21(28)19-5-4-18(29-19)14-24-11-3-8-23-24/h3-11,15-16H,12-14H2,1-2H3/t15-,16-/m1/s1. The van der Waals surface area contributed by atoms with Crippen molar-refractivity contribution in [2.45, 2.75) is 32.5 Å². The molecule has 0 spiro atoms. The Morgan fingerprint density at radius 1 is 1.00 bits per heavy atom. The minimum Gasteiger partial charge on any atom is -0.454 e. The Kier molecular flexibility index (Phi) is 5.16. The summed E-state index contributed by atoms with van der Waals surface area (Å²) in [6, 6.07) is 8.50. The molecule has 2 atom stereocenters. The summed E-state index contributed by atoms with van der Waals surface area (Å²) in [4.78, 5) is 33.4. The smallest absolute Gasteiger partial charge is 0.289 e. The van der Waals surface area contributed by atoms with Gasteiger partial charge in [-0.05, 0) is 44.2 Å². The van der Waals surface area contributed by atoms with Crippen molar-refractivity contribution in [3.63, 3.8) is 0 Å². The lowest BCUT2D eigenvalue weighted by atomic mass is 10.0. The largest absolute Gasteiger partial charge is 0.454 e. The van der Waals surface area contributed by atoms with Crippen LogP contribution in [0, 0.1) is 0 Å². The Hall–Kier alpha value is -3.42. The van der Waals surface area contributed by atoms with Gasteiger partial charge in [-0.15, -0.1) is 0 Å². The molecule has 1 aliphatic rings. The van der Waals surface area contributed by atoms with Crippen LogP contribution < -0.4 is 0 Å². The van der Waals surface area contributed by atoms with Gasteiger partial charge in [0.15, 0.2) is 5.76 Å². The van der Waals surface area contributed by atoms with Crippen molar-refractivity contribution < 1.29 is 14.0 Å². The lowest BCUT2D eigenvalue weighted by Crippen LogP contribution is -2.60. The normalized spacial score (nSPS) is 19.4. The first-order chi connectivity index (χ1) is 14.0. The third-order valence-corrected chi connectivity index (χ3v) is 5.46. The summed E-state index contributed by atoms with van der Waals surface area (Å²) in [6.07, 6.45) is 6.76. The highest BCUT2D eigenvalue weighted by atomic mass is 16.4. The van der Waals surface area contributed by atoms with E-state index in [1.165, 1.54) is 0 Å². The molecule has 0 saturated carbocycles. The molecule has 0 N–H and O–H groups in total. The third kappa shape index (κ3) is 3.78. The Labute approximate surface area is 168 Å². The van der Waals surface area contributed by atoms with Gasteiger partial charge < -0.3 is 14.2 Å². The van der Waals surface area contributed by atoms with Gasteiger partial charge in [-0.25, -0.2) is 0 Å². The molecule has 1 saturated heterocycles. The van der Waals surface area contributed by atoms with Crippen molar-refractivity contribution in [3.8, 4) is 0 Å². The first-order valence-electron chi connectivity index (χ1n) is 9.62. The van der Waals surface area contributed by atoms with Crippen molar-refractivity contribution in [2.24, 2.45) is 0 Å². The van der Waals surface area contributed by atoms with Crippen LogP contribution in [0.2, 0.25) is 0 Å². The lowest BCUT2D eigenvalue weighted by Gasteiger charge is -2.44. The summed E-state index contributed by atoms with van der Waals surface area (Å²) in [6.45, 7) is 5.33. The van der Waals surface area contributed by atoms with E-state index in [0.717, 1.165) is 0 Å². The van der Waals surface area contributed by atoms with Crippen LogP contribution in [0.4, 0.5) is 0 Å². The van der Waals surface area contributed by atoms with E-state index in [9.17, 15) is 9.59 Å². The summed E-state index contributed by atoms with van der Waals surface area (Å²) in [7, 11) is 0. The van der Waals surface area contributed by atoms with Crippen LogP contribution in [0.25, 0.3) is 0 Å². The van der Waals surface area contributed by atoms with E-state index in [1.54, 1.807) is 52.4 Å². The molecule has 29 heavy (non-hydrogen) atoms. The molecule has 0 aromatic carbocycles. The minimum absolute atomic E-state index is 0.0432. The van der Waals surface area contributed by atoms with Gasteiger partial charge in [-0.3, -0.25) is 19.3 Å². The zero-order valence-corrected chi connectivity index (χ0v) is 16.4. The first-order valence-corrected chi connectivity index (χ1v) is 9.62. The first kappa shape index (κ1) is 18.9. The fourth-order valence-electron chi connectivity index (χ4n) is 3.65. The van der Waals surface area contributed by atoms with Crippen molar-refractivity contribution in [3.05, 3.63) is 72.2 Å². The maximum Gasteiger partial charge on any atom is 0.289 e. The zero-order chi connectivity index (χ0) is 20.4. The molecular formula is C21H23N5O3. The van der Waals surface area contributed by atoms with Gasteiger partial charge in [0.1, 0.15) is 5.76 Å². The van der Waals surface area contributed by atoms with Gasteiger partial charge in [0.2, 0.25) is 0 Å². The molecule has 1 fully saturated rings. The molecule has 0 bridgehead atoms. The van der Waals surface area contributed by atoms with Gasteiger partial charge in [-0.2, -0.15) is 5.10 Å². The number of nitrogens with zero attached hydrogens (tertiary/aromatic N) is 5. The highest BCUT2D eigenvalue weighted by molar-refractivity contribution is 5.95. The van der Waals surface area contributed by atoms with E-state index in [2.05, 4.69) is 10.1 Å². The monoisotopic (exact) mass is 393 g/mol. The molecule has 150 valence electrons. The van der Waals surface area contributed by atoms with Crippen molar-refractivity contribution in [2.75, 3.05) is 13.1 Å². The quantitative estimate of drug-likeness (QED) is 0.679. The predicted octanol–water partition coefficient (Wildman–Crippen LogP) is 2.29. The molecule has 4 rings (SSSR count). The minimum atomic E-state index is -0.160. The van der Waals surface area contributed by atoms with E-state index in [4.69, 9.17) is 4.42 Å². The third-order valence-electron chi connectivity index (χ3n) is 5.46. The highest BCUT2D eigenvalue weighted by Gasteiger charge is 2.37. The Morgan fingerprint density at radius 2 is 1.69 bits per heavy atom. The van der Waals surface area contributed by atoms with Gasteiger partial charge in [0, 0.05) is 55.5 Å². The van der Waals surface area contributed by atoms with Crippen molar-refractivity contribution in [1.82, 2.24) is 24.6 Å². The number of aromatic nitrogens is 3. The maximum absolute atomic E-state index is 13.0. The van der Waals surface area contributed by atoms with Crippen LogP contribution in [-0.2, 0) is 6.54 Å². The van der Waals surface area contributed by atoms with Crippen LogP contribution in [0.1, 0.15) is 40.5 Å². The topological polar surface area (TPSA) is 84.5 Å². The fourth-order valence-corrected chi connectivity index (χ4v) is 3.65. The Balaban J connectivity index is 1.44. The molecule has 4 heterocycles. The number of rotatable bonds is 4. The molecule has 2 amide bonds. The molecular weight excluding hydrogens is 370 g/mol. The molecule has 0 aliphatic carbocycles. The number of hydrogen-bond acceptors (Lipinski definition) is 5. The summed E-state index contributed by atoms with van der Waals surface area (Å²) >= 11 is 0. The molecule has 0 radical (unpaired) electrons. The van der Waals surface area contributed by atoms with Crippen LogP contribution in [0.15, 0.2) is 59.5 Å². The molecule has 0 unspecified atom stereocenters. The average molecular weight is 393 g/mol. The summed E-state index contributed by atoms with van der Waals surface area (Å²) in [5.74, 6) is 0.773. The summed E-state index contributed by atoms with van der Waals surface area (Å²) < 4.78 is 7.50. The zero-order valence-electron chi connectivity index (χ0n) is 16.4. The molecule has 1 aliphatic heterocycles. The number of piperazine rings is 1. The lowest BCUT2D eigenvalue weighted by molar-refractivity contribution is 0.0224. The van der Waals surface area contributed by atoms with Gasteiger partial charge in [-0.1, -0.05) is 0 Å². The summed E-state index contributed by atoms with van der Waals surface area (Å²) in [5.41, 5.74) is 0.605. The number of carbonyl (C=O) groups is 2.